The largest absolute Gasteiger partial charge is 0.317 e. The van der Waals surface area contributed by atoms with Crippen LogP contribution in [-0.2, 0) is 8.26 Å². The van der Waals surface area contributed by atoms with Crippen molar-refractivity contribution in [3.8, 4) is 0 Å². The lowest BCUT2D eigenvalue weighted by atomic mass is 10.4. The van der Waals surface area contributed by atoms with Gasteiger partial charge in [-0.2, -0.15) is 8.42 Å². The molecule has 0 atom stereocenters. The van der Waals surface area contributed by atoms with Crippen molar-refractivity contribution in [2.24, 2.45) is 0 Å². The van der Waals surface area contributed by atoms with Gasteiger partial charge in [0.25, 0.3) is 0 Å². The molecule has 2 nitrogen and oxygen atoms in total. The molecule has 76 valence electrons. The van der Waals surface area contributed by atoms with Crippen molar-refractivity contribution in [1.29, 1.82) is 0 Å². The average molecular weight is 251 g/mol. The van der Waals surface area contributed by atoms with E-state index in [0.717, 1.165) is 0 Å². The van der Waals surface area contributed by atoms with Gasteiger partial charge in [0.2, 0.25) is 0 Å². The summed E-state index contributed by atoms with van der Waals surface area (Å²) in [5, 5.41) is 0. The van der Waals surface area contributed by atoms with Gasteiger partial charge in [0.05, 0.1) is 0 Å². The van der Waals surface area contributed by atoms with E-state index >= 15 is 0 Å². The predicted octanol–water partition coefficient (Wildman–Crippen LogP) is 2.62. The minimum absolute atomic E-state index is 0.178. The van der Waals surface area contributed by atoms with Gasteiger partial charge in [-0.1, -0.05) is 0 Å². The summed E-state index contributed by atoms with van der Waals surface area (Å²) in [6.45, 7) is 0.178. The van der Waals surface area contributed by atoms with Crippen molar-refractivity contribution >= 4 is 29.6 Å². The molecule has 0 fully saturated rings. The molecule has 0 radical (unpaired) electrons. The third kappa shape index (κ3) is 22.5. The van der Waals surface area contributed by atoms with Gasteiger partial charge < -0.3 is 0 Å². The van der Waals surface area contributed by atoms with Crippen molar-refractivity contribution in [2.45, 2.75) is 19.3 Å². The summed E-state index contributed by atoms with van der Waals surface area (Å²) < 4.78 is 62.1. The van der Waals surface area contributed by atoms with E-state index < -0.39 is 20.6 Å². The van der Waals surface area contributed by atoms with Crippen molar-refractivity contribution in [1.82, 2.24) is 0 Å². The van der Waals surface area contributed by atoms with Crippen LogP contribution in [0.25, 0.3) is 0 Å². The second kappa shape index (κ2) is 5.08. The van der Waals surface area contributed by atoms with Gasteiger partial charge in [-0.3, -0.25) is 0 Å². The Labute approximate surface area is 75.4 Å². The molecule has 0 heterocycles. The molecule has 0 aliphatic heterocycles. The molecule has 0 saturated carbocycles. The molecule has 0 amide bonds. The Morgan fingerprint density at radius 1 is 1.25 bits per heavy atom. The van der Waals surface area contributed by atoms with E-state index in [-0.39, 0.29) is 6.92 Å². The second-order valence-corrected chi connectivity index (χ2v) is 5.30. The lowest BCUT2D eigenvalue weighted by molar-refractivity contribution is -0.113. The fourth-order valence-corrected chi connectivity index (χ4v) is 0. The third-order valence-electron chi connectivity index (χ3n) is 0.383. The summed E-state index contributed by atoms with van der Waals surface area (Å²) in [7, 11) is 4.81. The van der Waals surface area contributed by atoms with Crippen LogP contribution in [0.5, 0.6) is 0 Å². The summed E-state index contributed by atoms with van der Waals surface area (Å²) in [5.41, 5.74) is 0. The highest BCUT2D eigenvalue weighted by Crippen LogP contribution is 2.20. The zero-order valence-corrected chi connectivity index (χ0v) is 7.90. The smallest absolute Gasteiger partial charge is 0.204 e. The molecule has 9 heteroatoms. The Morgan fingerprint density at radius 2 is 1.33 bits per heavy atom. The zero-order valence-electron chi connectivity index (χ0n) is 5.57. The Kier molecular flexibility index (Phi) is 6.25. The number of hydrogen-bond donors (Lipinski definition) is 0. The van der Waals surface area contributed by atoms with Crippen LogP contribution >= 0.6 is 21.4 Å². The van der Waals surface area contributed by atoms with E-state index in [1.807, 2.05) is 0 Å². The van der Waals surface area contributed by atoms with Crippen LogP contribution in [-0.4, -0.2) is 20.8 Å². The number of hydrogen-bond acceptors (Lipinski definition) is 2. The van der Waals surface area contributed by atoms with E-state index in [9.17, 15) is 17.6 Å². The average Bonchev–Trinajstić information content (AvgIpc) is 1.55. The lowest BCUT2D eigenvalue weighted by Crippen LogP contribution is -2.20. The van der Waals surface area contributed by atoms with Crippen LogP contribution in [0.1, 0.15) is 6.92 Å². The first kappa shape index (κ1) is 14.8. The van der Waals surface area contributed by atoms with Crippen LogP contribution in [0.3, 0.4) is 0 Å². The second-order valence-electron chi connectivity index (χ2n) is 1.64. The Balaban J connectivity index is 0. The Hall–Kier alpha value is 0.250. The Morgan fingerprint density at radius 3 is 1.33 bits per heavy atom. The van der Waals surface area contributed by atoms with E-state index in [1.54, 1.807) is 0 Å². The first-order valence-electron chi connectivity index (χ1n) is 2.25. The van der Waals surface area contributed by atoms with Crippen molar-refractivity contribution < 1.29 is 26.0 Å². The molecule has 0 spiro atoms. The molecular formula is C3H4Cl2F4O2S. The highest BCUT2D eigenvalue weighted by atomic mass is 36.0. The molecule has 12 heavy (non-hydrogen) atoms. The lowest BCUT2D eigenvalue weighted by Gasteiger charge is -2.05. The minimum Gasteiger partial charge on any atom is -0.204 e. The van der Waals surface area contributed by atoms with Gasteiger partial charge in [0, 0.05) is 28.3 Å². The maximum Gasteiger partial charge on any atom is 0.317 e. The quantitative estimate of drug-likeness (QED) is 0.530. The first-order chi connectivity index (χ1) is 4.94. The molecule has 0 aromatic carbocycles. The van der Waals surface area contributed by atoms with Crippen LogP contribution in [0.15, 0.2) is 0 Å². The van der Waals surface area contributed by atoms with Crippen molar-refractivity contribution in [3.63, 3.8) is 0 Å². The van der Waals surface area contributed by atoms with Gasteiger partial charge in [-0.05, 0) is 0 Å². The van der Waals surface area contributed by atoms with Gasteiger partial charge in [-0.15, -0.1) is 0 Å². The highest BCUT2D eigenvalue weighted by molar-refractivity contribution is 8.31. The maximum absolute atomic E-state index is 11.1. The SMILES string of the molecule is CC(F)(F)C(F)F.O=S(=O)(Cl)Cl. The summed E-state index contributed by atoms with van der Waals surface area (Å²) in [4.78, 5) is 0. The van der Waals surface area contributed by atoms with Crippen LogP contribution in [0, 0.1) is 0 Å². The predicted molar refractivity (Wildman–Crippen MR) is 37.3 cm³/mol. The zero-order chi connectivity index (χ0) is 10.6. The minimum atomic E-state index is -3.83. The van der Waals surface area contributed by atoms with Crippen LogP contribution in [0.4, 0.5) is 17.6 Å². The van der Waals surface area contributed by atoms with Gasteiger partial charge in [0.15, 0.2) is 0 Å². The van der Waals surface area contributed by atoms with E-state index in [4.69, 9.17) is 8.42 Å². The van der Waals surface area contributed by atoms with Crippen LogP contribution < -0.4 is 0 Å². The molecule has 0 saturated heterocycles. The summed E-state index contributed by atoms with van der Waals surface area (Å²) in [6.07, 6.45) is -3.53. The topological polar surface area (TPSA) is 34.1 Å². The summed E-state index contributed by atoms with van der Waals surface area (Å²) in [6, 6.07) is 0. The highest BCUT2D eigenvalue weighted by Gasteiger charge is 2.33. The van der Waals surface area contributed by atoms with E-state index in [1.165, 1.54) is 0 Å². The van der Waals surface area contributed by atoms with Gasteiger partial charge in [0.1, 0.15) is 0 Å². The van der Waals surface area contributed by atoms with E-state index in [2.05, 4.69) is 21.4 Å². The number of rotatable bonds is 1. The molecule has 0 rings (SSSR count). The standard InChI is InChI=1S/C3H4F4.Cl2O2S/c1-3(6,7)2(4)5;1-5(2,3)4/h2H,1H3;. The molecule has 0 aliphatic carbocycles. The summed E-state index contributed by atoms with van der Waals surface area (Å²) >= 11 is 0. The molecule has 0 aromatic heterocycles. The maximum atomic E-state index is 11.1. The molecule has 0 aliphatic rings. The van der Waals surface area contributed by atoms with Gasteiger partial charge in [-0.25, -0.2) is 17.6 Å². The van der Waals surface area contributed by atoms with E-state index in [0.29, 0.717) is 0 Å². The molecule has 0 unspecified atom stereocenters. The molecule has 0 aromatic rings. The molecule has 0 N–H and O–H groups in total. The van der Waals surface area contributed by atoms with Crippen molar-refractivity contribution in [3.05, 3.63) is 0 Å². The number of alkyl halides is 4. The fraction of sp³-hybridized carbons (Fsp3) is 1.00. The van der Waals surface area contributed by atoms with Gasteiger partial charge >= 0.3 is 20.6 Å². The Bertz CT molecular complexity index is 201. The normalized spacial score (nSPS) is 12.3. The summed E-state index contributed by atoms with van der Waals surface area (Å²) in [5.74, 6) is -3.83. The van der Waals surface area contributed by atoms with Crippen molar-refractivity contribution in [2.75, 3.05) is 0 Å². The molecular weight excluding hydrogens is 247 g/mol. The molecule has 0 bridgehead atoms. The monoisotopic (exact) mass is 250 g/mol. The third-order valence-corrected chi connectivity index (χ3v) is 0.383. The van der Waals surface area contributed by atoms with Crippen LogP contribution in [0.2, 0.25) is 0 Å². The number of halogens is 6. The fourth-order valence-electron chi connectivity index (χ4n) is 0. The first-order valence-corrected chi connectivity index (χ1v) is 5.38.